The van der Waals surface area contributed by atoms with Crippen molar-refractivity contribution in [3.63, 3.8) is 0 Å². The van der Waals surface area contributed by atoms with Gasteiger partial charge in [0.15, 0.2) is 0 Å². The summed E-state index contributed by atoms with van der Waals surface area (Å²) in [5.41, 5.74) is 1.05. The van der Waals surface area contributed by atoms with E-state index in [1.807, 2.05) is 37.3 Å². The van der Waals surface area contributed by atoms with Crippen LogP contribution in [0.2, 0.25) is 5.02 Å². The molecule has 1 N–H and O–H groups in total. The summed E-state index contributed by atoms with van der Waals surface area (Å²) in [5.74, 6) is 0. The average molecular weight is 349 g/mol. The molecule has 1 aliphatic heterocycles. The predicted molar refractivity (Wildman–Crippen MR) is 95.2 cm³/mol. The summed E-state index contributed by atoms with van der Waals surface area (Å²) >= 11 is 6.34. The number of halogens is 1. The molecule has 7 heteroatoms. The topological polar surface area (TPSA) is 61.6 Å². The lowest BCUT2D eigenvalue weighted by Gasteiger charge is -2.38. The van der Waals surface area contributed by atoms with Crippen molar-refractivity contribution in [2.75, 3.05) is 37.7 Å². The van der Waals surface area contributed by atoms with Gasteiger partial charge in [-0.2, -0.15) is 9.78 Å². The molecule has 2 aromatic rings. The molecule has 0 spiro atoms. The maximum atomic E-state index is 12.5. The van der Waals surface area contributed by atoms with Gasteiger partial charge in [0, 0.05) is 32.2 Å². The van der Waals surface area contributed by atoms with Crippen LogP contribution in [-0.2, 0) is 0 Å². The van der Waals surface area contributed by atoms with E-state index in [2.05, 4.69) is 14.9 Å². The van der Waals surface area contributed by atoms with E-state index in [1.165, 1.54) is 4.68 Å². The molecule has 2 heterocycles. The predicted octanol–water partition coefficient (Wildman–Crippen LogP) is 1.39. The van der Waals surface area contributed by atoms with Crippen molar-refractivity contribution in [2.24, 2.45) is 0 Å². The second-order valence-corrected chi connectivity index (χ2v) is 6.33. The first-order valence-corrected chi connectivity index (χ1v) is 8.42. The maximum Gasteiger partial charge on any atom is 0.292 e. The Bertz CT molecular complexity index is 742. The Morgan fingerprint density at radius 3 is 2.50 bits per heavy atom. The maximum absolute atomic E-state index is 12.5. The minimum Gasteiger partial charge on any atom is -0.395 e. The zero-order chi connectivity index (χ0) is 17.1. The zero-order valence-corrected chi connectivity index (χ0v) is 14.4. The third-order valence-corrected chi connectivity index (χ3v) is 4.80. The summed E-state index contributed by atoms with van der Waals surface area (Å²) in [5, 5.41) is 13.7. The summed E-state index contributed by atoms with van der Waals surface area (Å²) in [7, 11) is 0. The van der Waals surface area contributed by atoms with E-state index < -0.39 is 0 Å². The fourth-order valence-corrected chi connectivity index (χ4v) is 3.17. The molecule has 1 unspecified atom stereocenters. The molecule has 0 amide bonds. The van der Waals surface area contributed by atoms with Crippen molar-refractivity contribution in [3.8, 4) is 5.69 Å². The largest absolute Gasteiger partial charge is 0.395 e. The van der Waals surface area contributed by atoms with E-state index in [9.17, 15) is 9.90 Å². The van der Waals surface area contributed by atoms with Crippen LogP contribution in [0.3, 0.4) is 0 Å². The van der Waals surface area contributed by atoms with Gasteiger partial charge in [-0.05, 0) is 19.1 Å². The van der Waals surface area contributed by atoms with Gasteiger partial charge in [0.1, 0.15) is 5.02 Å². The van der Waals surface area contributed by atoms with Crippen molar-refractivity contribution < 1.29 is 5.11 Å². The summed E-state index contributed by atoms with van der Waals surface area (Å²) in [6.07, 6.45) is 1.65. The number of hydrogen-bond donors (Lipinski definition) is 1. The Hall–Kier alpha value is -1.89. The third kappa shape index (κ3) is 3.31. The van der Waals surface area contributed by atoms with Gasteiger partial charge in [0.2, 0.25) is 0 Å². The van der Waals surface area contributed by atoms with E-state index in [0.29, 0.717) is 11.4 Å². The van der Waals surface area contributed by atoms with E-state index in [1.54, 1.807) is 6.20 Å². The monoisotopic (exact) mass is 348 g/mol. The zero-order valence-electron chi connectivity index (χ0n) is 13.6. The number of anilines is 1. The number of aliphatic hydroxyl groups excluding tert-OH is 1. The lowest BCUT2D eigenvalue weighted by atomic mass is 10.2. The van der Waals surface area contributed by atoms with Crippen LogP contribution in [-0.4, -0.2) is 58.6 Å². The fraction of sp³-hybridized carbons (Fsp3) is 0.412. The molecule has 1 aliphatic rings. The molecule has 0 aliphatic carbocycles. The first kappa shape index (κ1) is 17.0. The van der Waals surface area contributed by atoms with Gasteiger partial charge in [-0.25, -0.2) is 0 Å². The van der Waals surface area contributed by atoms with Crippen LogP contribution in [0.25, 0.3) is 5.69 Å². The van der Waals surface area contributed by atoms with Gasteiger partial charge >= 0.3 is 0 Å². The molecule has 128 valence electrons. The molecule has 1 atom stereocenters. The molecule has 0 saturated carbocycles. The molecular weight excluding hydrogens is 328 g/mol. The smallest absolute Gasteiger partial charge is 0.292 e. The van der Waals surface area contributed by atoms with Crippen molar-refractivity contribution in [1.29, 1.82) is 0 Å². The van der Waals surface area contributed by atoms with E-state index in [0.717, 1.165) is 26.2 Å². The number of rotatable bonds is 4. The lowest BCUT2D eigenvalue weighted by Crippen LogP contribution is -2.51. The van der Waals surface area contributed by atoms with Crippen molar-refractivity contribution >= 4 is 17.3 Å². The molecule has 24 heavy (non-hydrogen) atoms. The Morgan fingerprint density at radius 2 is 1.88 bits per heavy atom. The number of piperazine rings is 1. The number of hydrogen-bond acceptors (Lipinski definition) is 5. The van der Waals surface area contributed by atoms with Gasteiger partial charge in [-0.3, -0.25) is 9.69 Å². The van der Waals surface area contributed by atoms with Gasteiger partial charge in [0.25, 0.3) is 5.56 Å². The van der Waals surface area contributed by atoms with Crippen LogP contribution in [0, 0.1) is 0 Å². The normalized spacial score (nSPS) is 17.0. The van der Waals surface area contributed by atoms with Gasteiger partial charge in [-0.1, -0.05) is 29.8 Å². The van der Waals surface area contributed by atoms with Crippen molar-refractivity contribution in [2.45, 2.75) is 13.0 Å². The van der Waals surface area contributed by atoms with E-state index in [4.69, 9.17) is 11.6 Å². The Morgan fingerprint density at radius 1 is 1.21 bits per heavy atom. The quantitative estimate of drug-likeness (QED) is 0.904. The van der Waals surface area contributed by atoms with Crippen LogP contribution in [0.15, 0.2) is 41.3 Å². The molecule has 0 radical (unpaired) electrons. The molecule has 3 rings (SSSR count). The first-order chi connectivity index (χ1) is 11.6. The van der Waals surface area contributed by atoms with Crippen LogP contribution < -0.4 is 10.5 Å². The number of para-hydroxylation sites is 1. The molecule has 1 aromatic carbocycles. The number of aliphatic hydroxyl groups is 1. The minimum absolute atomic E-state index is 0.145. The fourth-order valence-electron chi connectivity index (χ4n) is 2.92. The SMILES string of the molecule is CC(CO)N1CCN(c2cnn(-c3ccccc3)c(=O)c2Cl)CC1. The van der Waals surface area contributed by atoms with Gasteiger partial charge < -0.3 is 10.0 Å². The summed E-state index contributed by atoms with van der Waals surface area (Å²) < 4.78 is 1.32. The first-order valence-electron chi connectivity index (χ1n) is 8.05. The molecule has 6 nitrogen and oxygen atoms in total. The van der Waals surface area contributed by atoms with Crippen LogP contribution in [0.4, 0.5) is 5.69 Å². The van der Waals surface area contributed by atoms with Crippen LogP contribution in [0.1, 0.15) is 6.92 Å². The van der Waals surface area contributed by atoms with E-state index >= 15 is 0 Å². The average Bonchev–Trinajstić information content (AvgIpc) is 2.64. The minimum atomic E-state index is -0.313. The molecule has 1 saturated heterocycles. The summed E-state index contributed by atoms with van der Waals surface area (Å²) in [6, 6.07) is 9.38. The van der Waals surface area contributed by atoms with Crippen LogP contribution >= 0.6 is 11.6 Å². The summed E-state index contributed by atoms with van der Waals surface area (Å²) in [6.45, 7) is 5.29. The van der Waals surface area contributed by atoms with E-state index in [-0.39, 0.29) is 23.2 Å². The highest BCUT2D eigenvalue weighted by molar-refractivity contribution is 6.33. The molecular formula is C17H21ClN4O2. The van der Waals surface area contributed by atoms with Crippen molar-refractivity contribution in [3.05, 3.63) is 51.9 Å². The van der Waals surface area contributed by atoms with Gasteiger partial charge in [-0.15, -0.1) is 0 Å². The number of nitrogens with zero attached hydrogens (tertiary/aromatic N) is 4. The number of aromatic nitrogens is 2. The Kier molecular flexibility index (Phi) is 5.18. The summed E-state index contributed by atoms with van der Waals surface area (Å²) in [4.78, 5) is 16.9. The Labute approximate surface area is 145 Å². The van der Waals surface area contributed by atoms with Crippen LogP contribution in [0.5, 0.6) is 0 Å². The highest BCUT2D eigenvalue weighted by atomic mass is 35.5. The standard InChI is InChI=1S/C17H21ClN4O2/c1-13(12-23)20-7-9-21(10-8-20)15-11-19-22(17(24)16(15)18)14-5-3-2-4-6-14/h2-6,11,13,23H,7-10,12H2,1H3. The molecule has 0 bridgehead atoms. The van der Waals surface area contributed by atoms with Crippen molar-refractivity contribution in [1.82, 2.24) is 14.7 Å². The highest BCUT2D eigenvalue weighted by Gasteiger charge is 2.23. The lowest BCUT2D eigenvalue weighted by molar-refractivity contribution is 0.128. The van der Waals surface area contributed by atoms with Gasteiger partial charge in [0.05, 0.1) is 24.2 Å². The third-order valence-electron chi connectivity index (χ3n) is 4.44. The molecule has 1 aromatic heterocycles. The highest BCUT2D eigenvalue weighted by Crippen LogP contribution is 2.23. The molecule has 1 fully saturated rings. The second-order valence-electron chi connectivity index (χ2n) is 5.95. The second kappa shape index (κ2) is 7.34. The Balaban J connectivity index is 1.81. The number of benzene rings is 1.